The maximum absolute atomic E-state index is 13.4. The van der Waals surface area contributed by atoms with Gasteiger partial charge in [0.2, 0.25) is 0 Å². The number of aryl methyl sites for hydroxylation is 2. The van der Waals surface area contributed by atoms with Crippen LogP contribution in [0, 0.1) is 19.7 Å². The predicted molar refractivity (Wildman–Crippen MR) is 85.5 cm³/mol. The van der Waals surface area contributed by atoms with E-state index in [2.05, 4.69) is 24.4 Å². The summed E-state index contributed by atoms with van der Waals surface area (Å²) < 4.78 is 20.0. The maximum atomic E-state index is 13.4. The molecule has 0 amide bonds. The Morgan fingerprint density at radius 2 is 2.05 bits per heavy atom. The van der Waals surface area contributed by atoms with Crippen molar-refractivity contribution in [2.75, 3.05) is 6.54 Å². The van der Waals surface area contributed by atoms with Gasteiger partial charge < -0.3 is 9.73 Å². The summed E-state index contributed by atoms with van der Waals surface area (Å²) in [6.45, 7) is 6.89. The lowest BCUT2D eigenvalue weighted by atomic mass is 10.1. The largest absolute Gasteiger partial charge is 0.466 e. The van der Waals surface area contributed by atoms with Crippen LogP contribution >= 0.6 is 11.3 Å². The van der Waals surface area contributed by atoms with Gasteiger partial charge in [0.25, 0.3) is 0 Å². The molecule has 21 heavy (non-hydrogen) atoms. The van der Waals surface area contributed by atoms with Crippen molar-refractivity contribution in [1.29, 1.82) is 0 Å². The number of hydrogen-bond donors (Lipinski definition) is 1. The second-order valence-electron chi connectivity index (χ2n) is 5.19. The Morgan fingerprint density at radius 1 is 1.24 bits per heavy atom. The molecule has 0 saturated heterocycles. The lowest BCUT2D eigenvalue weighted by Gasteiger charge is -2.15. The Balaban J connectivity index is 2.08. The molecule has 0 saturated carbocycles. The predicted octanol–water partition coefficient (Wildman–Crippen LogP) is 4.95. The van der Waals surface area contributed by atoms with Crippen molar-refractivity contribution in [1.82, 2.24) is 5.32 Å². The summed E-state index contributed by atoms with van der Waals surface area (Å²) in [4.78, 5) is 1.18. The molecule has 0 fully saturated rings. The Kier molecular flexibility index (Phi) is 3.83. The molecule has 0 aliphatic carbocycles. The molecule has 2 aromatic heterocycles. The van der Waals surface area contributed by atoms with Crippen molar-refractivity contribution in [3.8, 4) is 0 Å². The van der Waals surface area contributed by atoms with Crippen molar-refractivity contribution in [2.45, 2.75) is 26.8 Å². The fourth-order valence-electron chi connectivity index (χ4n) is 2.67. The first-order chi connectivity index (χ1) is 10.1. The van der Waals surface area contributed by atoms with E-state index in [1.807, 2.05) is 19.9 Å². The number of hydrogen-bond acceptors (Lipinski definition) is 3. The molecule has 2 heterocycles. The summed E-state index contributed by atoms with van der Waals surface area (Å²) in [7, 11) is 0. The molecule has 0 radical (unpaired) electrons. The van der Waals surface area contributed by atoms with Crippen LogP contribution in [0.3, 0.4) is 0 Å². The molecule has 3 rings (SSSR count). The van der Waals surface area contributed by atoms with Gasteiger partial charge in [0, 0.05) is 15.1 Å². The first-order valence-corrected chi connectivity index (χ1v) is 7.89. The van der Waals surface area contributed by atoms with Gasteiger partial charge in [-0.2, -0.15) is 0 Å². The Morgan fingerprint density at radius 3 is 2.71 bits per heavy atom. The monoisotopic (exact) mass is 303 g/mol. The SMILES string of the molecule is CCNC(c1cc2ccc(F)cc2s1)c1cc(C)oc1C. The number of thiophene rings is 1. The van der Waals surface area contributed by atoms with Crippen molar-refractivity contribution < 1.29 is 8.81 Å². The molecule has 1 N–H and O–H groups in total. The van der Waals surface area contributed by atoms with Crippen molar-refractivity contribution in [3.05, 3.63) is 58.1 Å². The number of fused-ring (bicyclic) bond motifs is 1. The number of furan rings is 1. The van der Waals surface area contributed by atoms with E-state index in [4.69, 9.17) is 4.42 Å². The summed E-state index contributed by atoms with van der Waals surface area (Å²) in [5.74, 6) is 1.66. The first-order valence-electron chi connectivity index (χ1n) is 7.07. The molecule has 4 heteroatoms. The molecule has 1 unspecified atom stereocenters. The second-order valence-corrected chi connectivity index (χ2v) is 6.31. The summed E-state index contributed by atoms with van der Waals surface area (Å²) in [5.41, 5.74) is 1.15. The number of nitrogens with one attached hydrogen (secondary N) is 1. The van der Waals surface area contributed by atoms with E-state index >= 15 is 0 Å². The minimum atomic E-state index is -0.189. The highest BCUT2D eigenvalue weighted by Gasteiger charge is 2.20. The normalized spacial score (nSPS) is 13.0. The van der Waals surface area contributed by atoms with Crippen LogP contribution in [0.15, 0.2) is 34.7 Å². The van der Waals surface area contributed by atoms with Crippen molar-refractivity contribution >= 4 is 21.4 Å². The summed E-state index contributed by atoms with van der Waals surface area (Å²) >= 11 is 1.63. The molecular weight excluding hydrogens is 285 g/mol. The topological polar surface area (TPSA) is 25.2 Å². The van der Waals surface area contributed by atoms with Crippen LogP contribution in [0.25, 0.3) is 10.1 Å². The number of benzene rings is 1. The summed E-state index contributed by atoms with van der Waals surface area (Å²) in [6, 6.07) is 9.24. The van der Waals surface area contributed by atoms with Crippen LogP contribution in [-0.4, -0.2) is 6.54 Å². The van der Waals surface area contributed by atoms with Crippen LogP contribution in [0.5, 0.6) is 0 Å². The van der Waals surface area contributed by atoms with Crippen LogP contribution < -0.4 is 5.32 Å². The Labute approximate surface area is 127 Å². The smallest absolute Gasteiger partial charge is 0.124 e. The van der Waals surface area contributed by atoms with Gasteiger partial charge in [-0.1, -0.05) is 13.0 Å². The third-order valence-electron chi connectivity index (χ3n) is 3.58. The molecular formula is C17H18FNOS. The van der Waals surface area contributed by atoms with Gasteiger partial charge in [-0.3, -0.25) is 0 Å². The highest BCUT2D eigenvalue weighted by atomic mass is 32.1. The fraction of sp³-hybridized carbons (Fsp3) is 0.294. The van der Waals surface area contributed by atoms with E-state index in [0.29, 0.717) is 0 Å². The average molecular weight is 303 g/mol. The van der Waals surface area contributed by atoms with Crippen LogP contribution in [0.2, 0.25) is 0 Å². The summed E-state index contributed by atoms with van der Waals surface area (Å²) in [5, 5.41) is 4.58. The third kappa shape index (κ3) is 2.74. The fourth-order valence-corrected chi connectivity index (χ4v) is 3.86. The molecule has 1 atom stereocenters. The van der Waals surface area contributed by atoms with Crippen LogP contribution in [0.1, 0.15) is 34.9 Å². The quantitative estimate of drug-likeness (QED) is 0.738. The molecule has 0 aliphatic heterocycles. The van der Waals surface area contributed by atoms with E-state index in [1.54, 1.807) is 17.4 Å². The standard InChI is InChI=1S/C17H18FNOS/c1-4-19-17(14-7-10(2)20-11(14)3)16-8-12-5-6-13(18)9-15(12)21-16/h5-9,17,19H,4H2,1-3H3. The van der Waals surface area contributed by atoms with Crippen LogP contribution in [-0.2, 0) is 0 Å². The molecule has 0 spiro atoms. The van der Waals surface area contributed by atoms with Gasteiger partial charge in [-0.15, -0.1) is 11.3 Å². The van der Waals surface area contributed by atoms with E-state index in [0.717, 1.165) is 33.7 Å². The van der Waals surface area contributed by atoms with Crippen molar-refractivity contribution in [2.24, 2.45) is 0 Å². The van der Waals surface area contributed by atoms with Crippen molar-refractivity contribution in [3.63, 3.8) is 0 Å². The average Bonchev–Trinajstić information content (AvgIpc) is 2.98. The van der Waals surface area contributed by atoms with Gasteiger partial charge in [0.05, 0.1) is 6.04 Å². The Hall–Kier alpha value is -1.65. The summed E-state index contributed by atoms with van der Waals surface area (Å²) in [6.07, 6.45) is 0. The highest BCUT2D eigenvalue weighted by molar-refractivity contribution is 7.19. The molecule has 2 nitrogen and oxygen atoms in total. The lowest BCUT2D eigenvalue weighted by Crippen LogP contribution is -2.21. The molecule has 110 valence electrons. The number of rotatable bonds is 4. The van der Waals surface area contributed by atoms with Gasteiger partial charge in [0.15, 0.2) is 0 Å². The van der Waals surface area contributed by atoms with E-state index in [1.165, 1.54) is 10.9 Å². The zero-order valence-corrected chi connectivity index (χ0v) is 13.2. The molecule has 1 aromatic carbocycles. The third-order valence-corrected chi connectivity index (χ3v) is 4.75. The Bertz CT molecular complexity index is 774. The maximum Gasteiger partial charge on any atom is 0.124 e. The lowest BCUT2D eigenvalue weighted by molar-refractivity contribution is 0.495. The van der Waals surface area contributed by atoms with E-state index in [9.17, 15) is 4.39 Å². The van der Waals surface area contributed by atoms with Gasteiger partial charge in [0.1, 0.15) is 17.3 Å². The van der Waals surface area contributed by atoms with Gasteiger partial charge in [-0.05, 0) is 50.0 Å². The van der Waals surface area contributed by atoms with E-state index in [-0.39, 0.29) is 11.9 Å². The molecule has 3 aromatic rings. The van der Waals surface area contributed by atoms with Gasteiger partial charge in [-0.25, -0.2) is 4.39 Å². The van der Waals surface area contributed by atoms with Crippen LogP contribution in [0.4, 0.5) is 4.39 Å². The van der Waals surface area contributed by atoms with Gasteiger partial charge >= 0.3 is 0 Å². The zero-order chi connectivity index (χ0) is 15.0. The molecule has 0 bridgehead atoms. The number of halogens is 1. The molecule has 0 aliphatic rings. The zero-order valence-electron chi connectivity index (χ0n) is 12.4. The first kappa shape index (κ1) is 14.3. The highest BCUT2D eigenvalue weighted by Crippen LogP contribution is 2.35. The minimum absolute atomic E-state index is 0.0907. The second kappa shape index (κ2) is 5.62. The van der Waals surface area contributed by atoms with E-state index < -0.39 is 0 Å². The minimum Gasteiger partial charge on any atom is -0.466 e.